The van der Waals surface area contributed by atoms with Crippen molar-refractivity contribution < 1.29 is 4.79 Å². The fourth-order valence-electron chi connectivity index (χ4n) is 2.87. The first kappa shape index (κ1) is 16.2. The second-order valence-corrected chi connectivity index (χ2v) is 6.73. The third-order valence-corrected chi connectivity index (χ3v) is 4.81. The molecule has 0 aliphatic carbocycles. The van der Waals surface area contributed by atoms with Gasteiger partial charge in [0.1, 0.15) is 5.82 Å². The first-order chi connectivity index (χ1) is 11.1. The van der Waals surface area contributed by atoms with Gasteiger partial charge in [-0.1, -0.05) is 22.0 Å². The number of carbonyl (C=O) groups is 1. The van der Waals surface area contributed by atoms with Crippen molar-refractivity contribution in [3.63, 3.8) is 0 Å². The van der Waals surface area contributed by atoms with Crippen molar-refractivity contribution in [2.24, 2.45) is 0 Å². The molecule has 1 saturated heterocycles. The zero-order valence-electron chi connectivity index (χ0n) is 13.3. The minimum atomic E-state index is 0.122. The molecule has 122 valence electrons. The van der Waals surface area contributed by atoms with Gasteiger partial charge in [-0.2, -0.15) is 0 Å². The van der Waals surface area contributed by atoms with E-state index in [9.17, 15) is 4.79 Å². The molecule has 0 bridgehead atoms. The van der Waals surface area contributed by atoms with E-state index in [1.54, 1.807) is 0 Å². The molecule has 0 radical (unpaired) electrons. The van der Waals surface area contributed by atoms with Crippen LogP contribution in [0.4, 0.5) is 0 Å². The van der Waals surface area contributed by atoms with Gasteiger partial charge in [0.05, 0.1) is 0 Å². The highest BCUT2D eigenvalue weighted by Gasteiger charge is 2.22. The van der Waals surface area contributed by atoms with E-state index in [-0.39, 0.29) is 5.91 Å². The first-order valence-corrected chi connectivity index (χ1v) is 8.68. The van der Waals surface area contributed by atoms with Crippen molar-refractivity contribution in [3.05, 3.63) is 52.5 Å². The van der Waals surface area contributed by atoms with E-state index in [2.05, 4.69) is 30.4 Å². The Hall–Kier alpha value is -1.66. The zero-order chi connectivity index (χ0) is 16.2. The number of imidazole rings is 1. The number of carbonyl (C=O) groups excluding carboxylic acids is 1. The maximum Gasteiger partial charge on any atom is 0.253 e. The standard InChI is InChI=1S/C17H21BrN4O/c1-14-19-5-6-21(14)10-7-20-8-11-22(12-9-20)17(23)15-3-2-4-16(18)13-15/h2-6,13H,7-12H2,1H3. The van der Waals surface area contributed by atoms with Crippen molar-refractivity contribution in [2.45, 2.75) is 13.5 Å². The lowest BCUT2D eigenvalue weighted by molar-refractivity contribution is 0.0633. The summed E-state index contributed by atoms with van der Waals surface area (Å²) in [4.78, 5) is 21.1. The van der Waals surface area contributed by atoms with Crippen molar-refractivity contribution in [1.29, 1.82) is 0 Å². The zero-order valence-corrected chi connectivity index (χ0v) is 14.9. The molecule has 23 heavy (non-hydrogen) atoms. The van der Waals surface area contributed by atoms with Gasteiger partial charge in [0.25, 0.3) is 5.91 Å². The number of amides is 1. The molecule has 5 nitrogen and oxygen atoms in total. The molecule has 1 aliphatic rings. The predicted octanol–water partition coefficient (Wildman–Crippen LogP) is 2.41. The van der Waals surface area contributed by atoms with Gasteiger partial charge in [-0.25, -0.2) is 4.98 Å². The molecular weight excluding hydrogens is 356 g/mol. The van der Waals surface area contributed by atoms with Crippen LogP contribution in [0.3, 0.4) is 0 Å². The van der Waals surface area contributed by atoms with Gasteiger partial charge in [0.2, 0.25) is 0 Å². The number of nitrogens with zero attached hydrogens (tertiary/aromatic N) is 4. The summed E-state index contributed by atoms with van der Waals surface area (Å²) in [7, 11) is 0. The van der Waals surface area contributed by atoms with Crippen LogP contribution in [-0.4, -0.2) is 58.0 Å². The summed E-state index contributed by atoms with van der Waals surface area (Å²) in [5.41, 5.74) is 0.752. The van der Waals surface area contributed by atoms with Crippen LogP contribution in [0, 0.1) is 6.92 Å². The highest BCUT2D eigenvalue weighted by Crippen LogP contribution is 2.14. The summed E-state index contributed by atoms with van der Waals surface area (Å²) in [6, 6.07) is 7.60. The molecular formula is C17H21BrN4O. The maximum absolute atomic E-state index is 12.5. The molecule has 0 unspecified atom stereocenters. The van der Waals surface area contributed by atoms with E-state index in [1.165, 1.54) is 0 Å². The number of hydrogen-bond donors (Lipinski definition) is 0. The maximum atomic E-state index is 12.5. The Morgan fingerprint density at radius 2 is 2.00 bits per heavy atom. The van der Waals surface area contributed by atoms with Crippen LogP contribution in [0.15, 0.2) is 41.1 Å². The lowest BCUT2D eigenvalue weighted by atomic mass is 10.2. The van der Waals surface area contributed by atoms with Crippen LogP contribution >= 0.6 is 15.9 Å². The summed E-state index contributed by atoms with van der Waals surface area (Å²) >= 11 is 3.42. The Bertz CT molecular complexity index is 677. The minimum Gasteiger partial charge on any atom is -0.336 e. The van der Waals surface area contributed by atoms with E-state index < -0.39 is 0 Å². The summed E-state index contributed by atoms with van der Waals surface area (Å²) in [6.07, 6.45) is 3.85. The normalized spacial score (nSPS) is 15.8. The van der Waals surface area contributed by atoms with E-state index in [4.69, 9.17) is 0 Å². The van der Waals surface area contributed by atoms with Crippen molar-refractivity contribution in [3.8, 4) is 0 Å². The van der Waals surface area contributed by atoms with Gasteiger partial charge in [0.15, 0.2) is 0 Å². The summed E-state index contributed by atoms with van der Waals surface area (Å²) in [6.45, 7) is 7.39. The quantitative estimate of drug-likeness (QED) is 0.822. The molecule has 0 N–H and O–H groups in total. The van der Waals surface area contributed by atoms with E-state index in [0.717, 1.165) is 55.1 Å². The molecule has 3 rings (SSSR count). The average Bonchev–Trinajstić information content (AvgIpc) is 2.98. The van der Waals surface area contributed by atoms with Gasteiger partial charge in [-0.05, 0) is 25.1 Å². The summed E-state index contributed by atoms with van der Waals surface area (Å²) in [5.74, 6) is 1.17. The molecule has 1 aromatic carbocycles. The average molecular weight is 377 g/mol. The minimum absolute atomic E-state index is 0.122. The Labute approximate surface area is 145 Å². The van der Waals surface area contributed by atoms with Gasteiger partial charge < -0.3 is 9.47 Å². The Morgan fingerprint density at radius 1 is 1.22 bits per heavy atom. The van der Waals surface area contributed by atoms with Crippen molar-refractivity contribution in [2.75, 3.05) is 32.7 Å². The monoisotopic (exact) mass is 376 g/mol. The Balaban J connectivity index is 1.50. The molecule has 6 heteroatoms. The molecule has 2 heterocycles. The molecule has 0 spiro atoms. The smallest absolute Gasteiger partial charge is 0.253 e. The molecule has 0 saturated carbocycles. The van der Waals surface area contributed by atoms with Gasteiger partial charge in [-0.15, -0.1) is 0 Å². The highest BCUT2D eigenvalue weighted by molar-refractivity contribution is 9.10. The summed E-state index contributed by atoms with van der Waals surface area (Å²) in [5, 5.41) is 0. The second-order valence-electron chi connectivity index (χ2n) is 5.81. The van der Waals surface area contributed by atoms with Crippen LogP contribution in [0.5, 0.6) is 0 Å². The molecule has 1 fully saturated rings. The van der Waals surface area contributed by atoms with E-state index >= 15 is 0 Å². The number of aryl methyl sites for hydroxylation is 1. The van der Waals surface area contributed by atoms with E-state index in [1.807, 2.05) is 48.5 Å². The number of aromatic nitrogens is 2. The number of rotatable bonds is 4. The van der Waals surface area contributed by atoms with Crippen LogP contribution in [0.1, 0.15) is 16.2 Å². The second kappa shape index (κ2) is 7.27. The van der Waals surface area contributed by atoms with Crippen molar-refractivity contribution in [1.82, 2.24) is 19.4 Å². The number of hydrogen-bond acceptors (Lipinski definition) is 3. The predicted molar refractivity (Wildman–Crippen MR) is 93.4 cm³/mol. The highest BCUT2D eigenvalue weighted by atomic mass is 79.9. The molecule has 1 aromatic heterocycles. The number of piperazine rings is 1. The topological polar surface area (TPSA) is 41.4 Å². The lowest BCUT2D eigenvalue weighted by Crippen LogP contribution is -2.49. The van der Waals surface area contributed by atoms with Crippen LogP contribution < -0.4 is 0 Å². The van der Waals surface area contributed by atoms with Crippen LogP contribution in [0.25, 0.3) is 0 Å². The summed E-state index contributed by atoms with van der Waals surface area (Å²) < 4.78 is 3.11. The van der Waals surface area contributed by atoms with Crippen LogP contribution in [-0.2, 0) is 6.54 Å². The van der Waals surface area contributed by atoms with E-state index in [0.29, 0.717) is 0 Å². The molecule has 1 amide bonds. The fourth-order valence-corrected chi connectivity index (χ4v) is 3.27. The Kier molecular flexibility index (Phi) is 5.13. The Morgan fingerprint density at radius 3 is 2.65 bits per heavy atom. The van der Waals surface area contributed by atoms with Crippen LogP contribution in [0.2, 0.25) is 0 Å². The third kappa shape index (κ3) is 4.00. The molecule has 2 aromatic rings. The SMILES string of the molecule is Cc1nccn1CCN1CCN(C(=O)c2cccc(Br)c2)CC1. The fraction of sp³-hybridized carbons (Fsp3) is 0.412. The molecule has 1 aliphatic heterocycles. The molecule has 0 atom stereocenters. The number of benzene rings is 1. The largest absolute Gasteiger partial charge is 0.336 e. The van der Waals surface area contributed by atoms with Gasteiger partial charge >= 0.3 is 0 Å². The third-order valence-electron chi connectivity index (χ3n) is 4.31. The number of halogens is 1. The van der Waals surface area contributed by atoms with Crippen molar-refractivity contribution >= 4 is 21.8 Å². The van der Waals surface area contributed by atoms with Gasteiger partial charge in [-0.3, -0.25) is 9.69 Å². The first-order valence-electron chi connectivity index (χ1n) is 7.88. The lowest BCUT2D eigenvalue weighted by Gasteiger charge is -2.34. The van der Waals surface area contributed by atoms with Gasteiger partial charge in [0, 0.05) is 61.7 Å².